The fourth-order valence-electron chi connectivity index (χ4n) is 1.53. The molecule has 2 rings (SSSR count). The molecule has 19 heavy (non-hydrogen) atoms. The van der Waals surface area contributed by atoms with Crippen LogP contribution in [0.15, 0.2) is 24.5 Å². The molecule has 0 bridgehead atoms. The highest BCUT2D eigenvalue weighted by Crippen LogP contribution is 2.19. The summed E-state index contributed by atoms with van der Waals surface area (Å²) in [6.07, 6.45) is 3.29. The molecule has 5 heteroatoms. The van der Waals surface area contributed by atoms with Crippen LogP contribution >= 0.6 is 11.3 Å². The van der Waals surface area contributed by atoms with Gasteiger partial charge < -0.3 is 5.32 Å². The first-order chi connectivity index (χ1) is 8.86. The molecule has 4 nitrogen and oxygen atoms in total. The molecule has 0 spiro atoms. The van der Waals surface area contributed by atoms with Gasteiger partial charge in [0.05, 0.1) is 23.0 Å². The van der Waals surface area contributed by atoms with E-state index in [0.717, 1.165) is 10.7 Å². The van der Waals surface area contributed by atoms with E-state index in [1.807, 2.05) is 19.1 Å². The van der Waals surface area contributed by atoms with Gasteiger partial charge in [0.25, 0.3) is 5.91 Å². The van der Waals surface area contributed by atoms with Crippen molar-refractivity contribution in [2.24, 2.45) is 0 Å². The second kappa shape index (κ2) is 5.09. The summed E-state index contributed by atoms with van der Waals surface area (Å²) in [7, 11) is 0. The number of hydrogen-bond donors (Lipinski definition) is 1. The Bertz CT molecular complexity index is 581. The van der Waals surface area contributed by atoms with Crippen molar-refractivity contribution in [3.05, 3.63) is 40.1 Å². The van der Waals surface area contributed by atoms with Crippen molar-refractivity contribution >= 4 is 22.9 Å². The maximum absolute atomic E-state index is 12.0. The Hall–Kier alpha value is -1.75. The van der Waals surface area contributed by atoms with Gasteiger partial charge in [0.2, 0.25) is 0 Å². The van der Waals surface area contributed by atoms with E-state index in [1.54, 1.807) is 12.4 Å². The van der Waals surface area contributed by atoms with Gasteiger partial charge in [0.1, 0.15) is 5.82 Å². The number of nitrogens with zero attached hydrogens (tertiary/aromatic N) is 2. The predicted octanol–water partition coefficient (Wildman–Crippen LogP) is 3.40. The number of aryl methyl sites for hydroxylation is 1. The smallest absolute Gasteiger partial charge is 0.265 e. The van der Waals surface area contributed by atoms with Gasteiger partial charge in [-0.2, -0.15) is 0 Å². The molecule has 1 amide bonds. The van der Waals surface area contributed by atoms with Gasteiger partial charge in [-0.1, -0.05) is 20.8 Å². The van der Waals surface area contributed by atoms with Gasteiger partial charge in [-0.05, 0) is 19.1 Å². The van der Waals surface area contributed by atoms with E-state index in [4.69, 9.17) is 0 Å². The van der Waals surface area contributed by atoms with Gasteiger partial charge in [-0.15, -0.1) is 11.3 Å². The zero-order valence-electron chi connectivity index (χ0n) is 11.5. The van der Waals surface area contributed by atoms with E-state index in [2.05, 4.69) is 36.1 Å². The largest absolute Gasteiger partial charge is 0.319 e. The Morgan fingerprint density at radius 3 is 2.32 bits per heavy atom. The first-order valence-electron chi connectivity index (χ1n) is 6.06. The molecule has 0 aliphatic carbocycles. The molecular formula is C14H17N3OS. The van der Waals surface area contributed by atoms with Crippen LogP contribution in [0.3, 0.4) is 0 Å². The molecule has 0 fully saturated rings. The fraction of sp³-hybridized carbons (Fsp3) is 0.357. The summed E-state index contributed by atoms with van der Waals surface area (Å²) in [5, 5.41) is 2.80. The highest BCUT2D eigenvalue weighted by Gasteiger charge is 2.17. The van der Waals surface area contributed by atoms with Gasteiger partial charge >= 0.3 is 0 Å². The lowest BCUT2D eigenvalue weighted by atomic mass is 9.96. The number of hydrogen-bond acceptors (Lipinski definition) is 4. The van der Waals surface area contributed by atoms with Crippen LogP contribution < -0.4 is 5.32 Å². The quantitative estimate of drug-likeness (QED) is 0.914. The molecule has 0 radical (unpaired) electrons. The molecule has 0 aromatic carbocycles. The topological polar surface area (TPSA) is 54.9 Å². The van der Waals surface area contributed by atoms with Crippen molar-refractivity contribution in [3.63, 3.8) is 0 Å². The Labute approximate surface area is 116 Å². The molecule has 0 aliphatic rings. The molecule has 2 heterocycles. The SMILES string of the molecule is Cc1ccc(C(=O)Nc2cnc(C(C)(C)C)nc2)s1. The van der Waals surface area contributed by atoms with Crippen LogP contribution in [0.25, 0.3) is 0 Å². The summed E-state index contributed by atoms with van der Waals surface area (Å²) in [5.74, 6) is 0.641. The van der Waals surface area contributed by atoms with Crippen LogP contribution in [0.1, 0.15) is 41.1 Å². The molecule has 0 unspecified atom stereocenters. The number of anilines is 1. The number of carbonyl (C=O) groups is 1. The summed E-state index contributed by atoms with van der Waals surface area (Å²) in [5.41, 5.74) is 0.525. The minimum absolute atomic E-state index is 0.0899. The van der Waals surface area contributed by atoms with Crippen LogP contribution in [-0.2, 0) is 5.41 Å². The summed E-state index contributed by atoms with van der Waals surface area (Å²) >= 11 is 1.47. The van der Waals surface area contributed by atoms with Crippen molar-refractivity contribution < 1.29 is 4.79 Å². The normalized spacial score (nSPS) is 11.4. The number of nitrogens with one attached hydrogen (secondary N) is 1. The number of amides is 1. The number of thiophene rings is 1. The molecule has 2 aromatic rings. The molecule has 100 valence electrons. The van der Waals surface area contributed by atoms with Crippen LogP contribution in [0.5, 0.6) is 0 Å². The Kier molecular flexibility index (Phi) is 3.66. The molecule has 2 aromatic heterocycles. The Balaban J connectivity index is 2.10. The van der Waals surface area contributed by atoms with E-state index in [1.165, 1.54) is 11.3 Å². The fourth-order valence-corrected chi connectivity index (χ4v) is 2.29. The third kappa shape index (κ3) is 3.38. The third-order valence-electron chi connectivity index (χ3n) is 2.54. The number of aromatic nitrogens is 2. The lowest BCUT2D eigenvalue weighted by Gasteiger charge is -2.16. The Morgan fingerprint density at radius 2 is 1.84 bits per heavy atom. The summed E-state index contributed by atoms with van der Waals surface area (Å²) < 4.78 is 0. The van der Waals surface area contributed by atoms with Crippen molar-refractivity contribution in [2.45, 2.75) is 33.1 Å². The molecule has 0 saturated carbocycles. The standard InChI is InChI=1S/C14H17N3OS/c1-9-5-6-11(19-9)12(18)17-10-7-15-13(16-8-10)14(2,3)4/h5-8H,1-4H3,(H,17,18). The summed E-state index contributed by atoms with van der Waals surface area (Å²) in [4.78, 5) is 22.3. The van der Waals surface area contributed by atoms with Crippen molar-refractivity contribution in [3.8, 4) is 0 Å². The monoisotopic (exact) mass is 275 g/mol. The van der Waals surface area contributed by atoms with Crippen LogP contribution in [0.4, 0.5) is 5.69 Å². The van der Waals surface area contributed by atoms with Gasteiger partial charge in [-0.3, -0.25) is 4.79 Å². The lowest BCUT2D eigenvalue weighted by molar-refractivity contribution is 0.103. The summed E-state index contributed by atoms with van der Waals surface area (Å²) in [6, 6.07) is 3.75. The first-order valence-corrected chi connectivity index (χ1v) is 6.88. The minimum atomic E-state index is -0.120. The highest BCUT2D eigenvalue weighted by molar-refractivity contribution is 7.14. The maximum atomic E-state index is 12.0. The van der Waals surface area contributed by atoms with Crippen LogP contribution in [0, 0.1) is 6.92 Å². The second-order valence-corrected chi connectivity index (χ2v) is 6.70. The predicted molar refractivity (Wildman–Crippen MR) is 77.7 cm³/mol. The van der Waals surface area contributed by atoms with Gasteiger partial charge in [0, 0.05) is 10.3 Å². The number of rotatable bonds is 2. The molecule has 0 saturated heterocycles. The average Bonchev–Trinajstić information content (AvgIpc) is 2.75. The van der Waals surface area contributed by atoms with Crippen molar-refractivity contribution in [2.75, 3.05) is 5.32 Å². The molecular weight excluding hydrogens is 258 g/mol. The van der Waals surface area contributed by atoms with Gasteiger partial charge in [0.15, 0.2) is 0 Å². The maximum Gasteiger partial charge on any atom is 0.265 e. The molecule has 1 N–H and O–H groups in total. The molecule has 0 aliphatic heterocycles. The zero-order chi connectivity index (χ0) is 14.0. The number of carbonyl (C=O) groups excluding carboxylic acids is 1. The molecule has 0 atom stereocenters. The van der Waals surface area contributed by atoms with E-state index >= 15 is 0 Å². The van der Waals surface area contributed by atoms with E-state index < -0.39 is 0 Å². The average molecular weight is 275 g/mol. The van der Waals surface area contributed by atoms with Crippen molar-refractivity contribution in [1.29, 1.82) is 0 Å². The Morgan fingerprint density at radius 1 is 1.21 bits per heavy atom. The van der Waals surface area contributed by atoms with E-state index in [-0.39, 0.29) is 11.3 Å². The summed E-state index contributed by atoms with van der Waals surface area (Å²) in [6.45, 7) is 8.13. The second-order valence-electron chi connectivity index (χ2n) is 5.41. The van der Waals surface area contributed by atoms with E-state index in [0.29, 0.717) is 10.6 Å². The van der Waals surface area contributed by atoms with Crippen LogP contribution in [-0.4, -0.2) is 15.9 Å². The van der Waals surface area contributed by atoms with Crippen molar-refractivity contribution in [1.82, 2.24) is 9.97 Å². The van der Waals surface area contributed by atoms with Gasteiger partial charge in [-0.25, -0.2) is 9.97 Å². The highest BCUT2D eigenvalue weighted by atomic mass is 32.1. The minimum Gasteiger partial charge on any atom is -0.319 e. The third-order valence-corrected chi connectivity index (χ3v) is 3.54. The van der Waals surface area contributed by atoms with Crippen LogP contribution in [0.2, 0.25) is 0 Å². The lowest BCUT2D eigenvalue weighted by Crippen LogP contribution is -2.17. The van der Waals surface area contributed by atoms with E-state index in [9.17, 15) is 4.79 Å². The first kappa shape index (κ1) is 13.7. The zero-order valence-corrected chi connectivity index (χ0v) is 12.3.